The van der Waals surface area contributed by atoms with Crippen LogP contribution in [0.2, 0.25) is 5.02 Å². The van der Waals surface area contributed by atoms with Crippen molar-refractivity contribution in [3.8, 4) is 0 Å². The Labute approximate surface area is 116 Å². The third-order valence-electron chi connectivity index (χ3n) is 2.91. The van der Waals surface area contributed by atoms with Gasteiger partial charge in [0.15, 0.2) is 0 Å². The molecule has 1 aromatic rings. The summed E-state index contributed by atoms with van der Waals surface area (Å²) in [6, 6.07) is 8.29. The zero-order valence-corrected chi connectivity index (χ0v) is 12.8. The number of benzene rings is 1. The number of nitrogens with zero attached hydrogens (tertiary/aromatic N) is 1. The van der Waals surface area contributed by atoms with Crippen LogP contribution >= 0.6 is 11.6 Å². The van der Waals surface area contributed by atoms with E-state index in [4.69, 9.17) is 17.3 Å². The fraction of sp³-hybridized carbons (Fsp3) is 0.600. The van der Waals surface area contributed by atoms with Crippen molar-refractivity contribution in [1.82, 2.24) is 4.90 Å². The van der Waals surface area contributed by atoms with Crippen LogP contribution in [0.3, 0.4) is 0 Å². The second-order valence-corrected chi connectivity index (χ2v) is 6.77. The van der Waals surface area contributed by atoms with E-state index < -0.39 is 0 Å². The van der Waals surface area contributed by atoms with Gasteiger partial charge in [0.05, 0.1) is 0 Å². The highest BCUT2D eigenvalue weighted by Gasteiger charge is 2.24. The van der Waals surface area contributed by atoms with Crippen molar-refractivity contribution in [3.63, 3.8) is 0 Å². The summed E-state index contributed by atoms with van der Waals surface area (Å²) in [7, 11) is 2.13. The lowest BCUT2D eigenvalue weighted by Gasteiger charge is -2.35. The highest BCUT2D eigenvalue weighted by atomic mass is 35.5. The normalized spacial score (nSPS) is 15.8. The van der Waals surface area contributed by atoms with Gasteiger partial charge in [0.2, 0.25) is 0 Å². The van der Waals surface area contributed by atoms with E-state index in [1.54, 1.807) is 0 Å². The van der Waals surface area contributed by atoms with Gasteiger partial charge in [0, 0.05) is 23.7 Å². The number of likely N-dealkylation sites (N-methyl/N-ethyl adjacent to an activating group) is 1. The molecule has 1 aromatic carbocycles. The van der Waals surface area contributed by atoms with Crippen molar-refractivity contribution in [2.24, 2.45) is 11.1 Å². The highest BCUT2D eigenvalue weighted by molar-refractivity contribution is 6.30. The van der Waals surface area contributed by atoms with Crippen molar-refractivity contribution in [2.45, 2.75) is 39.8 Å². The topological polar surface area (TPSA) is 29.3 Å². The zero-order chi connectivity index (χ0) is 13.9. The lowest BCUT2D eigenvalue weighted by atomic mass is 9.93. The van der Waals surface area contributed by atoms with Crippen molar-refractivity contribution in [3.05, 3.63) is 34.9 Å². The zero-order valence-electron chi connectivity index (χ0n) is 12.1. The number of hydrogen-bond donors (Lipinski definition) is 1. The van der Waals surface area contributed by atoms with Crippen LogP contribution in [0.1, 0.15) is 39.3 Å². The van der Waals surface area contributed by atoms with E-state index in [2.05, 4.69) is 51.8 Å². The van der Waals surface area contributed by atoms with E-state index in [0.717, 1.165) is 11.6 Å². The third-order valence-corrected chi connectivity index (χ3v) is 3.16. The molecular weight excluding hydrogens is 244 g/mol. The first kappa shape index (κ1) is 15.5. The summed E-state index contributed by atoms with van der Waals surface area (Å²) >= 11 is 5.94. The molecule has 2 nitrogen and oxygen atoms in total. The van der Waals surface area contributed by atoms with Gasteiger partial charge >= 0.3 is 0 Å². The molecule has 0 aromatic heterocycles. The first-order valence-corrected chi connectivity index (χ1v) is 6.80. The van der Waals surface area contributed by atoms with Crippen molar-refractivity contribution in [1.29, 1.82) is 0 Å². The van der Waals surface area contributed by atoms with Gasteiger partial charge in [-0.1, -0.05) is 44.5 Å². The maximum atomic E-state index is 6.15. The molecule has 0 saturated carbocycles. The number of nitrogens with two attached hydrogens (primary N) is 1. The fourth-order valence-corrected chi connectivity index (χ4v) is 2.59. The number of hydrogen-bond acceptors (Lipinski definition) is 2. The summed E-state index contributed by atoms with van der Waals surface area (Å²) < 4.78 is 0. The Hall–Kier alpha value is -0.570. The Bertz CT molecular complexity index is 365. The molecule has 0 aliphatic rings. The SMILES string of the molecule is CC(N)C(c1ccc(Cl)cc1)N(C)CC(C)(C)C. The summed E-state index contributed by atoms with van der Waals surface area (Å²) in [5.41, 5.74) is 7.63. The van der Waals surface area contributed by atoms with Crippen LogP contribution < -0.4 is 5.73 Å². The second kappa shape index (κ2) is 6.05. The summed E-state index contributed by atoms with van der Waals surface area (Å²) in [6.45, 7) is 9.77. The summed E-state index contributed by atoms with van der Waals surface area (Å²) in [5, 5.41) is 0.764. The smallest absolute Gasteiger partial charge is 0.0493 e. The molecule has 2 unspecified atom stereocenters. The van der Waals surface area contributed by atoms with E-state index in [-0.39, 0.29) is 17.5 Å². The van der Waals surface area contributed by atoms with Crippen LogP contribution in [0.15, 0.2) is 24.3 Å². The molecule has 102 valence electrons. The minimum Gasteiger partial charge on any atom is -0.326 e. The predicted octanol–water partition coefficient (Wildman–Crippen LogP) is 3.71. The second-order valence-electron chi connectivity index (χ2n) is 6.33. The van der Waals surface area contributed by atoms with Gasteiger partial charge in [0.1, 0.15) is 0 Å². The monoisotopic (exact) mass is 268 g/mol. The van der Waals surface area contributed by atoms with Crippen molar-refractivity contribution >= 4 is 11.6 Å². The van der Waals surface area contributed by atoms with Gasteiger partial charge < -0.3 is 5.73 Å². The lowest BCUT2D eigenvalue weighted by molar-refractivity contribution is 0.156. The molecule has 0 spiro atoms. The van der Waals surface area contributed by atoms with Gasteiger partial charge in [-0.2, -0.15) is 0 Å². The molecule has 18 heavy (non-hydrogen) atoms. The minimum absolute atomic E-state index is 0.0820. The molecule has 0 saturated heterocycles. The summed E-state index contributed by atoms with van der Waals surface area (Å²) in [4.78, 5) is 2.33. The van der Waals surface area contributed by atoms with E-state index >= 15 is 0 Å². The number of halogens is 1. The highest BCUT2D eigenvalue weighted by Crippen LogP contribution is 2.27. The Morgan fingerprint density at radius 1 is 1.22 bits per heavy atom. The number of rotatable bonds is 4. The van der Waals surface area contributed by atoms with Crippen molar-refractivity contribution < 1.29 is 0 Å². The molecule has 0 bridgehead atoms. The summed E-state index contributed by atoms with van der Waals surface area (Å²) in [6.07, 6.45) is 0. The molecule has 0 heterocycles. The van der Waals surface area contributed by atoms with E-state index in [9.17, 15) is 0 Å². The maximum absolute atomic E-state index is 6.15. The molecule has 0 radical (unpaired) electrons. The predicted molar refractivity (Wildman–Crippen MR) is 79.9 cm³/mol. The van der Waals surface area contributed by atoms with Crippen LogP contribution in [0.25, 0.3) is 0 Å². The van der Waals surface area contributed by atoms with Gasteiger partial charge in [-0.15, -0.1) is 0 Å². The molecular formula is C15H25ClN2. The largest absolute Gasteiger partial charge is 0.326 e. The van der Waals surface area contributed by atoms with E-state index in [0.29, 0.717) is 0 Å². The fourth-order valence-electron chi connectivity index (χ4n) is 2.47. The Kier molecular flexibility index (Phi) is 5.20. The van der Waals surface area contributed by atoms with Gasteiger partial charge in [-0.25, -0.2) is 0 Å². The van der Waals surface area contributed by atoms with Gasteiger partial charge in [0.25, 0.3) is 0 Å². The maximum Gasteiger partial charge on any atom is 0.0493 e. The molecule has 2 atom stereocenters. The van der Waals surface area contributed by atoms with Gasteiger partial charge in [-0.3, -0.25) is 4.90 Å². The third kappa shape index (κ3) is 4.60. The average molecular weight is 269 g/mol. The van der Waals surface area contributed by atoms with Crippen LogP contribution in [-0.2, 0) is 0 Å². The van der Waals surface area contributed by atoms with Gasteiger partial charge in [-0.05, 0) is 37.1 Å². The van der Waals surface area contributed by atoms with E-state index in [1.165, 1.54) is 5.56 Å². The molecule has 0 amide bonds. The molecule has 0 aliphatic carbocycles. The first-order valence-electron chi connectivity index (χ1n) is 6.42. The Morgan fingerprint density at radius 2 is 1.72 bits per heavy atom. The Balaban J connectivity index is 2.92. The standard InChI is InChI=1S/C15H25ClN2/c1-11(17)14(18(5)10-15(2,3)4)12-6-8-13(16)9-7-12/h6-9,11,14H,10,17H2,1-5H3. The first-order chi connectivity index (χ1) is 8.20. The van der Waals surface area contributed by atoms with Crippen LogP contribution in [0.4, 0.5) is 0 Å². The minimum atomic E-state index is 0.0820. The average Bonchev–Trinajstić information content (AvgIpc) is 2.18. The van der Waals surface area contributed by atoms with Crippen molar-refractivity contribution in [2.75, 3.05) is 13.6 Å². The molecule has 0 aliphatic heterocycles. The lowest BCUT2D eigenvalue weighted by Crippen LogP contribution is -2.41. The molecule has 2 N–H and O–H groups in total. The quantitative estimate of drug-likeness (QED) is 0.902. The van der Waals surface area contributed by atoms with Crippen LogP contribution in [-0.4, -0.2) is 24.5 Å². The Morgan fingerprint density at radius 3 is 2.11 bits per heavy atom. The van der Waals surface area contributed by atoms with E-state index in [1.807, 2.05) is 12.1 Å². The molecule has 0 fully saturated rings. The summed E-state index contributed by atoms with van der Waals surface area (Å²) in [5.74, 6) is 0. The van der Waals surface area contributed by atoms with Crippen LogP contribution in [0, 0.1) is 5.41 Å². The molecule has 1 rings (SSSR count). The molecule has 3 heteroatoms. The van der Waals surface area contributed by atoms with Crippen LogP contribution in [0.5, 0.6) is 0 Å².